The number of hydrogen-bond acceptors (Lipinski definition) is 5. The number of nitrogens with zero attached hydrogens (tertiary/aromatic N) is 2. The van der Waals surface area contributed by atoms with Gasteiger partial charge in [-0.05, 0) is 54.2 Å². The van der Waals surface area contributed by atoms with Crippen LogP contribution in [0, 0.1) is 0 Å². The van der Waals surface area contributed by atoms with Crippen LogP contribution in [0.3, 0.4) is 0 Å². The van der Waals surface area contributed by atoms with E-state index in [4.69, 9.17) is 27.9 Å². The molecule has 1 aliphatic rings. The number of ether oxygens (including phenoxy) is 1. The molecular formula is C19H16Cl2N2O3S. The third-order valence-electron chi connectivity index (χ3n) is 4.02. The predicted molar refractivity (Wildman–Crippen MR) is 111 cm³/mol. The summed E-state index contributed by atoms with van der Waals surface area (Å²) < 4.78 is 5.14. The van der Waals surface area contributed by atoms with Gasteiger partial charge in [0.15, 0.2) is 0 Å². The fourth-order valence-electron chi connectivity index (χ4n) is 2.53. The zero-order chi connectivity index (χ0) is 19.6. The van der Waals surface area contributed by atoms with Crippen molar-refractivity contribution in [2.75, 3.05) is 25.7 Å². The predicted octanol–water partition coefficient (Wildman–Crippen LogP) is 5.13. The number of methoxy groups -OCH3 is 1. The highest BCUT2D eigenvalue weighted by Crippen LogP contribution is 2.35. The Kier molecular flexibility index (Phi) is 5.99. The molecular weight excluding hydrogens is 407 g/mol. The number of carbonyl (C=O) groups is 2. The largest absolute Gasteiger partial charge is 0.497 e. The molecule has 0 bridgehead atoms. The van der Waals surface area contributed by atoms with E-state index >= 15 is 0 Å². The molecule has 2 aromatic rings. The van der Waals surface area contributed by atoms with Crippen molar-refractivity contribution in [2.24, 2.45) is 0 Å². The van der Waals surface area contributed by atoms with Crippen molar-refractivity contribution in [3.8, 4) is 5.75 Å². The third-order valence-corrected chi connectivity index (χ3v) is 5.58. The lowest BCUT2D eigenvalue weighted by atomic mass is 10.2. The summed E-state index contributed by atoms with van der Waals surface area (Å²) in [6, 6.07) is 12.4. The number of carbonyl (C=O) groups excluding carboxylic acids is 2. The number of thioether (sulfide) groups is 1. The Hall–Kier alpha value is -2.15. The minimum absolute atomic E-state index is 0.130. The van der Waals surface area contributed by atoms with Crippen LogP contribution in [0.4, 0.5) is 10.5 Å². The maximum absolute atomic E-state index is 12.7. The van der Waals surface area contributed by atoms with Crippen molar-refractivity contribution in [1.82, 2.24) is 4.90 Å². The monoisotopic (exact) mass is 422 g/mol. The average Bonchev–Trinajstić information content (AvgIpc) is 2.92. The van der Waals surface area contributed by atoms with E-state index in [2.05, 4.69) is 0 Å². The van der Waals surface area contributed by atoms with Crippen LogP contribution in [0.2, 0.25) is 10.0 Å². The maximum atomic E-state index is 12.7. The molecule has 27 heavy (non-hydrogen) atoms. The number of imide groups is 1. The lowest BCUT2D eigenvalue weighted by Crippen LogP contribution is -2.38. The molecule has 8 heteroatoms. The molecule has 1 fully saturated rings. The lowest BCUT2D eigenvalue weighted by Gasteiger charge is -2.24. The van der Waals surface area contributed by atoms with Crippen molar-refractivity contribution >= 4 is 57.9 Å². The van der Waals surface area contributed by atoms with Gasteiger partial charge in [-0.3, -0.25) is 9.59 Å². The van der Waals surface area contributed by atoms with Crippen LogP contribution in [0.5, 0.6) is 5.75 Å². The van der Waals surface area contributed by atoms with Gasteiger partial charge in [-0.15, -0.1) is 0 Å². The summed E-state index contributed by atoms with van der Waals surface area (Å²) in [4.78, 5) is 28.3. The van der Waals surface area contributed by atoms with E-state index in [-0.39, 0.29) is 22.7 Å². The summed E-state index contributed by atoms with van der Waals surface area (Å²) in [5.74, 6) is 0.360. The fourth-order valence-corrected chi connectivity index (χ4v) is 3.85. The van der Waals surface area contributed by atoms with Crippen LogP contribution < -0.4 is 9.64 Å². The zero-order valence-electron chi connectivity index (χ0n) is 14.6. The molecule has 1 saturated heterocycles. The lowest BCUT2D eigenvalue weighted by molar-refractivity contribution is -0.122. The number of hydrogen-bond donors (Lipinski definition) is 0. The normalized spacial score (nSPS) is 15.6. The highest BCUT2D eigenvalue weighted by molar-refractivity contribution is 8.18. The summed E-state index contributed by atoms with van der Waals surface area (Å²) >= 11 is 13.2. The average molecular weight is 423 g/mol. The summed E-state index contributed by atoms with van der Waals surface area (Å²) in [6.07, 6.45) is 1.56. The van der Waals surface area contributed by atoms with E-state index in [9.17, 15) is 9.59 Å². The molecule has 0 saturated carbocycles. The molecule has 0 atom stereocenters. The highest BCUT2D eigenvalue weighted by atomic mass is 35.5. The van der Waals surface area contributed by atoms with Gasteiger partial charge in [0, 0.05) is 28.3 Å². The minimum Gasteiger partial charge on any atom is -0.497 e. The first-order valence-corrected chi connectivity index (χ1v) is 9.52. The van der Waals surface area contributed by atoms with E-state index in [0.717, 1.165) is 23.2 Å². The van der Waals surface area contributed by atoms with Crippen LogP contribution in [-0.2, 0) is 4.79 Å². The molecule has 0 radical (unpaired) electrons. The molecule has 1 heterocycles. The Morgan fingerprint density at radius 1 is 1.11 bits per heavy atom. The molecule has 140 valence electrons. The molecule has 2 amide bonds. The molecule has 3 rings (SSSR count). The highest BCUT2D eigenvalue weighted by Gasteiger charge is 2.36. The molecule has 0 unspecified atom stereocenters. The number of amides is 2. The first-order valence-electron chi connectivity index (χ1n) is 7.95. The van der Waals surface area contributed by atoms with E-state index < -0.39 is 0 Å². The van der Waals surface area contributed by atoms with Crippen molar-refractivity contribution in [3.63, 3.8) is 0 Å². The molecule has 0 N–H and O–H groups in total. The van der Waals surface area contributed by atoms with Crippen molar-refractivity contribution < 1.29 is 14.3 Å². The molecule has 2 aromatic carbocycles. The Morgan fingerprint density at radius 2 is 1.74 bits per heavy atom. The van der Waals surface area contributed by atoms with Gasteiger partial charge in [0.25, 0.3) is 11.1 Å². The number of anilines is 1. The Balaban J connectivity index is 1.78. The summed E-state index contributed by atoms with van der Waals surface area (Å²) in [7, 11) is 3.40. The molecule has 5 nitrogen and oxygen atoms in total. The van der Waals surface area contributed by atoms with Crippen LogP contribution >= 0.6 is 35.0 Å². The molecule has 0 spiro atoms. The van der Waals surface area contributed by atoms with E-state index in [1.807, 2.05) is 24.3 Å². The van der Waals surface area contributed by atoms with Gasteiger partial charge in [0.2, 0.25) is 0 Å². The fraction of sp³-hybridized carbons (Fsp3) is 0.158. The van der Waals surface area contributed by atoms with Crippen molar-refractivity contribution in [2.45, 2.75) is 0 Å². The van der Waals surface area contributed by atoms with Gasteiger partial charge in [-0.2, -0.15) is 0 Å². The van der Waals surface area contributed by atoms with Gasteiger partial charge in [0.1, 0.15) is 12.4 Å². The molecule has 0 aromatic heterocycles. The Morgan fingerprint density at radius 3 is 2.33 bits per heavy atom. The maximum Gasteiger partial charge on any atom is 0.295 e. The van der Waals surface area contributed by atoms with E-state index in [0.29, 0.717) is 15.6 Å². The topological polar surface area (TPSA) is 49.9 Å². The van der Waals surface area contributed by atoms with Gasteiger partial charge in [-0.1, -0.05) is 29.3 Å². The standard InChI is InChI=1S/C19H16Cl2N2O3S/c1-22(12-6-8-13(26-2)9-7-12)11-23-18(24)17(27-19(23)25)10-14-15(20)4-3-5-16(14)21/h3-10H,11H2,1-2H3. The Labute approximate surface area is 171 Å². The second kappa shape index (κ2) is 8.25. The van der Waals surface area contributed by atoms with Crippen LogP contribution in [0.15, 0.2) is 47.4 Å². The first kappa shape index (κ1) is 19.6. The molecule has 0 aliphatic carbocycles. The second-order valence-corrected chi connectivity index (χ2v) is 7.59. The van der Waals surface area contributed by atoms with Crippen LogP contribution in [0.25, 0.3) is 6.08 Å². The summed E-state index contributed by atoms with van der Waals surface area (Å²) in [5.41, 5.74) is 1.38. The minimum atomic E-state index is -0.374. The third kappa shape index (κ3) is 4.24. The van der Waals surface area contributed by atoms with Gasteiger partial charge < -0.3 is 9.64 Å². The summed E-state index contributed by atoms with van der Waals surface area (Å²) in [6.45, 7) is 0.130. The van der Waals surface area contributed by atoms with Crippen molar-refractivity contribution in [1.29, 1.82) is 0 Å². The van der Waals surface area contributed by atoms with Gasteiger partial charge in [0.05, 0.1) is 12.0 Å². The first-order chi connectivity index (χ1) is 12.9. The van der Waals surface area contributed by atoms with Gasteiger partial charge >= 0.3 is 0 Å². The van der Waals surface area contributed by atoms with Gasteiger partial charge in [-0.25, -0.2) is 4.90 Å². The zero-order valence-corrected chi connectivity index (χ0v) is 16.9. The van der Waals surface area contributed by atoms with Crippen molar-refractivity contribution in [3.05, 3.63) is 63.0 Å². The van der Waals surface area contributed by atoms with Crippen LogP contribution in [0.1, 0.15) is 5.56 Å². The summed E-state index contributed by atoms with van der Waals surface area (Å²) in [5, 5.41) is 0.504. The van der Waals surface area contributed by atoms with Crippen LogP contribution in [-0.4, -0.2) is 36.9 Å². The second-order valence-electron chi connectivity index (χ2n) is 5.78. The molecule has 1 aliphatic heterocycles. The Bertz CT molecular complexity index is 895. The number of rotatable bonds is 5. The number of benzene rings is 2. The number of halogens is 2. The quantitative estimate of drug-likeness (QED) is 0.624. The SMILES string of the molecule is COc1ccc(N(C)CN2C(=O)SC(=Cc3c(Cl)cccc3Cl)C2=O)cc1. The smallest absolute Gasteiger partial charge is 0.295 e. The van der Waals surface area contributed by atoms with E-state index in [1.165, 1.54) is 4.90 Å². The van der Waals surface area contributed by atoms with E-state index in [1.54, 1.807) is 43.3 Å².